The Kier molecular flexibility index (Phi) is 7.45. The highest BCUT2D eigenvalue weighted by Gasteiger charge is 2.52. The number of benzene rings is 1. The lowest BCUT2D eigenvalue weighted by Gasteiger charge is -2.30. The maximum absolute atomic E-state index is 13.2. The third-order valence-corrected chi connectivity index (χ3v) is 8.12. The lowest BCUT2D eigenvalue weighted by atomic mass is 9.79. The monoisotopic (exact) mass is 565 g/mol. The number of amides is 1. The van der Waals surface area contributed by atoms with Crippen molar-refractivity contribution in [1.82, 2.24) is 10.3 Å². The number of nitrogens with zero attached hydrogens (tertiary/aromatic N) is 2. The van der Waals surface area contributed by atoms with Crippen LogP contribution < -0.4 is 14.4 Å². The predicted molar refractivity (Wildman–Crippen MR) is 139 cm³/mol. The highest BCUT2D eigenvalue weighted by atomic mass is 79.9. The highest BCUT2D eigenvalue weighted by molar-refractivity contribution is 9.09. The van der Waals surface area contributed by atoms with Crippen molar-refractivity contribution in [3.8, 4) is 5.88 Å². The number of alkyl halides is 1. The molecule has 0 radical (unpaired) electrons. The lowest BCUT2D eigenvalue weighted by Crippen LogP contribution is -2.40. The van der Waals surface area contributed by atoms with Crippen LogP contribution in [0.25, 0.3) is 0 Å². The lowest BCUT2D eigenvalue weighted by molar-refractivity contribution is -0.125. The second-order valence-corrected chi connectivity index (χ2v) is 12.0. The summed E-state index contributed by atoms with van der Waals surface area (Å²) in [6.07, 6.45) is 3.07. The normalized spacial score (nSPS) is 21.3. The van der Waals surface area contributed by atoms with Crippen molar-refractivity contribution in [1.29, 1.82) is 0 Å². The van der Waals surface area contributed by atoms with Crippen molar-refractivity contribution < 1.29 is 22.7 Å². The topological polar surface area (TPSA) is 97.8 Å². The molecule has 0 bridgehead atoms. The minimum Gasteiger partial charge on any atom is -0.465 e. The molecule has 10 heteroatoms. The zero-order chi connectivity index (χ0) is 25.4. The molecular formula is C25H32BrN3O5S. The van der Waals surface area contributed by atoms with Gasteiger partial charge in [-0.05, 0) is 49.8 Å². The Morgan fingerprint density at radius 3 is 2.51 bits per heavy atom. The van der Waals surface area contributed by atoms with Crippen LogP contribution >= 0.6 is 15.9 Å². The number of ether oxygens (including phenoxy) is 2. The van der Waals surface area contributed by atoms with Gasteiger partial charge < -0.3 is 14.8 Å². The number of carbonyl (C=O) groups is 1. The average Bonchev–Trinajstić information content (AvgIpc) is 3.60. The Hall–Kier alpha value is -2.17. The summed E-state index contributed by atoms with van der Waals surface area (Å²) in [5, 5.41) is 3.45. The summed E-state index contributed by atoms with van der Waals surface area (Å²) in [6, 6.07) is 9.83. The second kappa shape index (κ2) is 10.1. The Morgan fingerprint density at radius 1 is 1.26 bits per heavy atom. The van der Waals surface area contributed by atoms with E-state index < -0.39 is 21.5 Å². The van der Waals surface area contributed by atoms with Crippen LogP contribution in [-0.4, -0.2) is 57.7 Å². The first-order valence-corrected chi connectivity index (χ1v) is 14.7. The molecule has 8 nitrogen and oxygen atoms in total. The molecule has 2 aliphatic rings. The van der Waals surface area contributed by atoms with E-state index in [1.54, 1.807) is 7.05 Å². The minimum atomic E-state index is -3.63. The van der Waals surface area contributed by atoms with E-state index in [9.17, 15) is 13.2 Å². The van der Waals surface area contributed by atoms with Gasteiger partial charge in [-0.15, -0.1) is 0 Å². The van der Waals surface area contributed by atoms with Crippen LogP contribution in [0.2, 0.25) is 0 Å². The van der Waals surface area contributed by atoms with Gasteiger partial charge in [0.15, 0.2) is 0 Å². The number of halogens is 1. The molecule has 0 spiro atoms. The van der Waals surface area contributed by atoms with Gasteiger partial charge in [-0.2, -0.15) is 4.98 Å². The van der Waals surface area contributed by atoms with Crippen LogP contribution in [0.1, 0.15) is 53.9 Å². The number of hydrogen-bond acceptors (Lipinski definition) is 6. The SMILES string of the molecule is CNC(=O)C1c2cc(C3CC3)c(N(CCOCCBr)S(C)(=O)=O)nc2OC1(C)c1ccc(C)cc1. The molecular weight excluding hydrogens is 534 g/mol. The molecule has 2 atom stereocenters. The van der Waals surface area contributed by atoms with E-state index in [2.05, 4.69) is 21.2 Å². The fourth-order valence-corrected chi connectivity index (χ4v) is 5.73. The average molecular weight is 567 g/mol. The Morgan fingerprint density at radius 2 is 1.94 bits per heavy atom. The molecule has 1 aromatic carbocycles. The van der Waals surface area contributed by atoms with Gasteiger partial charge in [-0.3, -0.25) is 9.10 Å². The molecule has 1 aromatic heterocycles. The number of carbonyl (C=O) groups excluding carboxylic acids is 1. The van der Waals surface area contributed by atoms with Gasteiger partial charge in [0.05, 0.1) is 26.0 Å². The van der Waals surface area contributed by atoms with Crippen molar-refractivity contribution in [2.24, 2.45) is 0 Å². The van der Waals surface area contributed by atoms with Gasteiger partial charge in [-0.25, -0.2) is 8.42 Å². The second-order valence-electron chi connectivity index (χ2n) is 9.33. The number of fused-ring (bicyclic) bond motifs is 1. The number of aromatic nitrogens is 1. The van der Waals surface area contributed by atoms with Crippen LogP contribution in [0.3, 0.4) is 0 Å². The molecule has 0 saturated heterocycles. The quantitative estimate of drug-likeness (QED) is 0.349. The summed E-state index contributed by atoms with van der Waals surface area (Å²) in [5.41, 5.74) is 2.48. The molecule has 1 fully saturated rings. The summed E-state index contributed by atoms with van der Waals surface area (Å²) in [4.78, 5) is 17.9. The van der Waals surface area contributed by atoms with Gasteiger partial charge in [0.1, 0.15) is 17.3 Å². The number of pyridine rings is 1. The fourth-order valence-electron chi connectivity index (χ4n) is 4.64. The summed E-state index contributed by atoms with van der Waals surface area (Å²) >= 11 is 3.31. The Balaban J connectivity index is 1.82. The first-order chi connectivity index (χ1) is 16.6. The Labute approximate surface area is 215 Å². The first-order valence-electron chi connectivity index (χ1n) is 11.7. The standard InChI is InChI=1S/C25H32BrN3O5S/c1-16-5-9-18(10-6-16)25(2)21(23(30)27-3)20-15-19(17-7-8-17)22(28-24(20)34-25)29(35(4,31)32)12-14-33-13-11-26/h5-6,9-10,15,17,21H,7-8,11-14H2,1-4H3,(H,27,30). The van der Waals surface area contributed by atoms with Gasteiger partial charge in [0, 0.05) is 17.9 Å². The van der Waals surface area contributed by atoms with Gasteiger partial charge in [-0.1, -0.05) is 45.8 Å². The highest BCUT2D eigenvalue weighted by Crippen LogP contribution is 2.53. The van der Waals surface area contributed by atoms with E-state index in [4.69, 9.17) is 14.5 Å². The van der Waals surface area contributed by atoms with Crippen LogP contribution in [0.5, 0.6) is 5.88 Å². The number of anilines is 1. The number of nitrogens with one attached hydrogen (secondary N) is 1. The molecule has 190 valence electrons. The van der Waals surface area contributed by atoms with Crippen LogP contribution in [0, 0.1) is 6.92 Å². The molecule has 2 unspecified atom stereocenters. The molecule has 2 aromatic rings. The van der Waals surface area contributed by atoms with E-state index in [1.807, 2.05) is 44.2 Å². The third kappa shape index (κ3) is 5.20. The van der Waals surface area contributed by atoms with Crippen molar-refractivity contribution in [2.45, 2.75) is 44.1 Å². The van der Waals surface area contributed by atoms with Gasteiger partial charge in [0.25, 0.3) is 0 Å². The number of rotatable bonds is 10. The van der Waals surface area contributed by atoms with E-state index in [0.717, 1.165) is 29.5 Å². The fraction of sp³-hybridized carbons (Fsp3) is 0.520. The number of aryl methyl sites for hydroxylation is 1. The van der Waals surface area contributed by atoms with Crippen LogP contribution in [0.15, 0.2) is 30.3 Å². The van der Waals surface area contributed by atoms with E-state index in [0.29, 0.717) is 23.3 Å². The minimum absolute atomic E-state index is 0.144. The first kappa shape index (κ1) is 25.9. The van der Waals surface area contributed by atoms with Gasteiger partial charge >= 0.3 is 0 Å². The van der Waals surface area contributed by atoms with Crippen molar-refractivity contribution in [2.75, 3.05) is 42.7 Å². The molecule has 1 N–H and O–H groups in total. The third-order valence-electron chi connectivity index (χ3n) is 6.64. The van der Waals surface area contributed by atoms with E-state index >= 15 is 0 Å². The van der Waals surface area contributed by atoms with Crippen LogP contribution in [0.4, 0.5) is 5.82 Å². The van der Waals surface area contributed by atoms with Crippen molar-refractivity contribution >= 4 is 37.7 Å². The van der Waals surface area contributed by atoms with Crippen molar-refractivity contribution in [3.05, 3.63) is 52.6 Å². The number of likely N-dealkylation sites (N-methyl/N-ethyl adjacent to an activating group) is 1. The summed E-state index contributed by atoms with van der Waals surface area (Å²) in [5.74, 6) is 0.0488. The molecule has 2 heterocycles. The molecule has 1 aliphatic heterocycles. The Bertz CT molecular complexity index is 1200. The largest absolute Gasteiger partial charge is 0.465 e. The number of sulfonamides is 1. The molecule has 1 aliphatic carbocycles. The molecule has 1 saturated carbocycles. The van der Waals surface area contributed by atoms with Crippen molar-refractivity contribution in [3.63, 3.8) is 0 Å². The number of hydrogen-bond donors (Lipinski definition) is 1. The summed E-state index contributed by atoms with van der Waals surface area (Å²) < 4.78 is 38.9. The maximum atomic E-state index is 13.2. The smallest absolute Gasteiger partial charge is 0.233 e. The van der Waals surface area contributed by atoms with E-state index in [-0.39, 0.29) is 30.9 Å². The zero-order valence-electron chi connectivity index (χ0n) is 20.5. The van der Waals surface area contributed by atoms with E-state index in [1.165, 1.54) is 10.6 Å². The molecule has 1 amide bonds. The molecule has 4 rings (SSSR count). The zero-order valence-corrected chi connectivity index (χ0v) is 22.9. The summed E-state index contributed by atoms with van der Waals surface area (Å²) in [6.45, 7) is 4.76. The predicted octanol–water partition coefficient (Wildman–Crippen LogP) is 3.58. The maximum Gasteiger partial charge on any atom is 0.233 e. The van der Waals surface area contributed by atoms with Crippen LogP contribution in [-0.2, 0) is 25.2 Å². The molecule has 35 heavy (non-hydrogen) atoms. The summed E-state index contributed by atoms with van der Waals surface area (Å²) in [7, 11) is -2.02. The van der Waals surface area contributed by atoms with Gasteiger partial charge in [0.2, 0.25) is 21.8 Å².